The largest absolute Gasteiger partial charge is 0.374 e. The molecule has 2 aliphatic rings. The summed E-state index contributed by atoms with van der Waals surface area (Å²) in [4.78, 5) is 12.7. The Morgan fingerprint density at radius 1 is 1.33 bits per heavy atom. The lowest BCUT2D eigenvalue weighted by Crippen LogP contribution is -2.42. The van der Waals surface area contributed by atoms with Crippen LogP contribution in [0, 0.1) is 19.8 Å². The van der Waals surface area contributed by atoms with Crippen molar-refractivity contribution < 1.29 is 9.53 Å². The van der Waals surface area contributed by atoms with Gasteiger partial charge < -0.3 is 4.74 Å². The number of hydrogen-bond donors (Lipinski definition) is 0. The summed E-state index contributed by atoms with van der Waals surface area (Å²) >= 11 is 1.96. The van der Waals surface area contributed by atoms with E-state index in [1.54, 1.807) is 0 Å². The summed E-state index contributed by atoms with van der Waals surface area (Å²) < 4.78 is 6.02. The van der Waals surface area contributed by atoms with Crippen molar-refractivity contribution in [1.29, 1.82) is 0 Å². The van der Waals surface area contributed by atoms with Gasteiger partial charge in [0.05, 0.1) is 5.60 Å². The van der Waals surface area contributed by atoms with Gasteiger partial charge in [-0.05, 0) is 44.4 Å². The zero-order chi connectivity index (χ0) is 14.9. The summed E-state index contributed by atoms with van der Waals surface area (Å²) in [5.41, 5.74) is 3.66. The first kappa shape index (κ1) is 15.1. The molecule has 1 aromatic carbocycles. The summed E-state index contributed by atoms with van der Waals surface area (Å²) in [5, 5.41) is 0. The molecule has 2 fully saturated rings. The lowest BCUT2D eigenvalue weighted by molar-refractivity contribution is -0.133. The first-order valence-electron chi connectivity index (χ1n) is 7.88. The first-order valence-corrected chi connectivity index (χ1v) is 9.03. The predicted molar refractivity (Wildman–Crippen MR) is 88.0 cm³/mol. The fourth-order valence-corrected chi connectivity index (χ4v) is 5.06. The second kappa shape index (κ2) is 6.13. The van der Waals surface area contributed by atoms with Crippen molar-refractivity contribution in [2.75, 3.05) is 18.1 Å². The summed E-state index contributed by atoms with van der Waals surface area (Å²) in [7, 11) is 0. The highest BCUT2D eigenvalue weighted by atomic mass is 32.2. The van der Waals surface area contributed by atoms with Crippen molar-refractivity contribution in [2.45, 2.75) is 45.1 Å². The number of benzene rings is 1. The molecule has 2 nitrogen and oxygen atoms in total. The van der Waals surface area contributed by atoms with Crippen LogP contribution in [0.15, 0.2) is 18.2 Å². The highest BCUT2D eigenvalue weighted by Crippen LogP contribution is 2.40. The number of carbonyl (C=O) groups excluding carboxylic acids is 1. The summed E-state index contributed by atoms with van der Waals surface area (Å²) in [6.07, 6.45) is 3.53. The van der Waals surface area contributed by atoms with E-state index in [1.165, 1.54) is 22.4 Å². The van der Waals surface area contributed by atoms with Gasteiger partial charge in [0, 0.05) is 24.7 Å². The van der Waals surface area contributed by atoms with Gasteiger partial charge in [-0.3, -0.25) is 4.79 Å². The Bertz CT molecular complexity index is 512. The molecule has 0 amide bonds. The molecule has 21 heavy (non-hydrogen) atoms. The van der Waals surface area contributed by atoms with Crippen molar-refractivity contribution in [2.24, 2.45) is 5.92 Å². The van der Waals surface area contributed by atoms with Crippen molar-refractivity contribution >= 4 is 17.5 Å². The molecular formula is C18H24O2S. The van der Waals surface area contributed by atoms with Crippen LogP contribution < -0.4 is 0 Å². The maximum atomic E-state index is 12.7. The Labute approximate surface area is 131 Å². The SMILES string of the molecule is Cc1cc(C)cc(CC(=O)C2CCOC3(CCSC3)C2)c1. The second-order valence-corrected chi connectivity index (χ2v) is 7.77. The molecule has 3 heteroatoms. The predicted octanol–water partition coefficient (Wildman–Crippen LogP) is 3.72. The fourth-order valence-electron chi connectivity index (χ4n) is 3.68. The number of thioether (sulfide) groups is 1. The van der Waals surface area contributed by atoms with E-state index >= 15 is 0 Å². The molecule has 2 aliphatic heterocycles. The second-order valence-electron chi connectivity index (χ2n) is 6.66. The van der Waals surface area contributed by atoms with Crippen molar-refractivity contribution in [3.8, 4) is 0 Å². The number of aryl methyl sites for hydroxylation is 2. The Morgan fingerprint density at radius 3 is 2.76 bits per heavy atom. The standard InChI is InChI=1S/C18H24O2S/c1-13-7-14(2)9-15(8-13)10-17(19)16-3-5-20-18(11-16)4-6-21-12-18/h7-9,16H,3-6,10-12H2,1-2H3. The molecule has 1 spiro atoms. The molecule has 114 valence electrons. The van der Waals surface area contributed by atoms with Gasteiger partial charge in [-0.1, -0.05) is 29.3 Å². The minimum Gasteiger partial charge on any atom is -0.374 e. The normalized spacial score (nSPS) is 29.0. The van der Waals surface area contributed by atoms with E-state index in [4.69, 9.17) is 4.74 Å². The van der Waals surface area contributed by atoms with Crippen molar-refractivity contribution in [3.63, 3.8) is 0 Å². The Balaban J connectivity index is 1.67. The molecule has 0 bridgehead atoms. The topological polar surface area (TPSA) is 26.3 Å². The molecule has 1 aromatic rings. The Kier molecular flexibility index (Phi) is 4.41. The van der Waals surface area contributed by atoms with Gasteiger partial charge in [0.2, 0.25) is 0 Å². The Hall–Kier alpha value is -0.800. The maximum absolute atomic E-state index is 12.7. The quantitative estimate of drug-likeness (QED) is 0.851. The highest BCUT2D eigenvalue weighted by Gasteiger charge is 2.42. The minimum absolute atomic E-state index is 0.00572. The molecule has 2 heterocycles. The molecule has 0 N–H and O–H groups in total. The Morgan fingerprint density at radius 2 is 2.10 bits per heavy atom. The van der Waals surface area contributed by atoms with Crippen LogP contribution in [0.3, 0.4) is 0 Å². The summed E-state index contributed by atoms with van der Waals surface area (Å²) in [6, 6.07) is 6.45. The number of rotatable bonds is 3. The van der Waals surface area contributed by atoms with Gasteiger partial charge in [-0.2, -0.15) is 11.8 Å². The maximum Gasteiger partial charge on any atom is 0.140 e. The van der Waals surface area contributed by atoms with Crippen LogP contribution in [0.5, 0.6) is 0 Å². The number of ether oxygens (including phenoxy) is 1. The number of hydrogen-bond acceptors (Lipinski definition) is 3. The fraction of sp³-hybridized carbons (Fsp3) is 0.611. The van der Waals surface area contributed by atoms with Crippen LogP contribution in [0.25, 0.3) is 0 Å². The summed E-state index contributed by atoms with van der Waals surface area (Å²) in [5.74, 6) is 2.84. The molecule has 0 radical (unpaired) electrons. The van der Waals surface area contributed by atoms with Gasteiger partial charge in [0.15, 0.2) is 0 Å². The van der Waals surface area contributed by atoms with Crippen LogP contribution >= 0.6 is 11.8 Å². The van der Waals surface area contributed by atoms with E-state index in [1.807, 2.05) is 11.8 Å². The zero-order valence-electron chi connectivity index (χ0n) is 13.0. The van der Waals surface area contributed by atoms with Crippen LogP contribution in [0.4, 0.5) is 0 Å². The van der Waals surface area contributed by atoms with E-state index in [0.29, 0.717) is 12.2 Å². The lowest BCUT2D eigenvalue weighted by atomic mass is 9.81. The molecule has 3 rings (SSSR count). The molecular weight excluding hydrogens is 280 g/mol. The third-order valence-electron chi connectivity index (χ3n) is 4.68. The van der Waals surface area contributed by atoms with Gasteiger partial charge in [0.1, 0.15) is 5.78 Å². The third-order valence-corrected chi connectivity index (χ3v) is 5.90. The van der Waals surface area contributed by atoms with E-state index in [9.17, 15) is 4.79 Å². The molecule has 0 aromatic heterocycles. The zero-order valence-corrected chi connectivity index (χ0v) is 13.8. The molecule has 0 aliphatic carbocycles. The number of ketones is 1. The molecule has 2 saturated heterocycles. The van der Waals surface area contributed by atoms with E-state index < -0.39 is 0 Å². The molecule has 0 saturated carbocycles. The van der Waals surface area contributed by atoms with E-state index in [2.05, 4.69) is 32.0 Å². The van der Waals surface area contributed by atoms with E-state index in [0.717, 1.165) is 31.6 Å². The number of carbonyl (C=O) groups is 1. The highest BCUT2D eigenvalue weighted by molar-refractivity contribution is 7.99. The van der Waals surface area contributed by atoms with Crippen LogP contribution in [0.1, 0.15) is 36.0 Å². The van der Waals surface area contributed by atoms with Crippen molar-refractivity contribution in [3.05, 3.63) is 34.9 Å². The van der Waals surface area contributed by atoms with Gasteiger partial charge in [-0.25, -0.2) is 0 Å². The molecule has 2 unspecified atom stereocenters. The van der Waals surface area contributed by atoms with Gasteiger partial charge >= 0.3 is 0 Å². The minimum atomic E-state index is 0.00572. The average molecular weight is 304 g/mol. The number of Topliss-reactive ketones (excluding diaryl/α,β-unsaturated/α-hetero) is 1. The summed E-state index contributed by atoms with van der Waals surface area (Å²) in [6.45, 7) is 4.95. The van der Waals surface area contributed by atoms with Crippen molar-refractivity contribution in [1.82, 2.24) is 0 Å². The van der Waals surface area contributed by atoms with Crippen LogP contribution in [0.2, 0.25) is 0 Å². The lowest BCUT2D eigenvalue weighted by Gasteiger charge is -2.37. The van der Waals surface area contributed by atoms with Crippen LogP contribution in [-0.2, 0) is 16.0 Å². The molecule has 2 atom stereocenters. The average Bonchev–Trinajstić information content (AvgIpc) is 2.85. The van der Waals surface area contributed by atoms with Gasteiger partial charge in [-0.15, -0.1) is 0 Å². The van der Waals surface area contributed by atoms with Gasteiger partial charge in [0.25, 0.3) is 0 Å². The van der Waals surface area contributed by atoms with E-state index in [-0.39, 0.29) is 11.5 Å². The smallest absolute Gasteiger partial charge is 0.140 e. The third kappa shape index (κ3) is 3.51. The monoisotopic (exact) mass is 304 g/mol. The first-order chi connectivity index (χ1) is 10.1. The van der Waals surface area contributed by atoms with Crippen LogP contribution in [-0.4, -0.2) is 29.5 Å².